The standard InChI is InChI=1S/C12H15Br2NO/c1-8(7-13)9(2)15-12(16)10-5-3-4-6-11(10)14/h3-6,8-9H,7H2,1-2H3,(H,15,16). The number of hydrogen-bond donors (Lipinski definition) is 1. The zero-order valence-electron chi connectivity index (χ0n) is 9.34. The second kappa shape index (κ2) is 6.40. The van der Waals surface area contributed by atoms with Gasteiger partial charge in [-0.3, -0.25) is 4.79 Å². The number of benzene rings is 1. The van der Waals surface area contributed by atoms with Gasteiger partial charge in [0.25, 0.3) is 5.91 Å². The molecule has 0 spiro atoms. The summed E-state index contributed by atoms with van der Waals surface area (Å²) in [4.78, 5) is 11.9. The van der Waals surface area contributed by atoms with E-state index in [4.69, 9.17) is 0 Å². The van der Waals surface area contributed by atoms with Crippen molar-refractivity contribution in [3.8, 4) is 0 Å². The molecule has 0 fully saturated rings. The van der Waals surface area contributed by atoms with E-state index in [0.717, 1.165) is 9.80 Å². The highest BCUT2D eigenvalue weighted by molar-refractivity contribution is 9.10. The monoisotopic (exact) mass is 347 g/mol. The van der Waals surface area contributed by atoms with Crippen LogP contribution in [0.3, 0.4) is 0 Å². The summed E-state index contributed by atoms with van der Waals surface area (Å²) in [5, 5.41) is 3.87. The molecule has 2 atom stereocenters. The highest BCUT2D eigenvalue weighted by Crippen LogP contribution is 2.16. The summed E-state index contributed by atoms with van der Waals surface area (Å²) >= 11 is 6.79. The number of halogens is 2. The molecule has 16 heavy (non-hydrogen) atoms. The van der Waals surface area contributed by atoms with Gasteiger partial charge in [0.05, 0.1) is 5.56 Å². The summed E-state index contributed by atoms with van der Waals surface area (Å²) in [7, 11) is 0. The zero-order chi connectivity index (χ0) is 12.1. The Hall–Kier alpha value is -0.350. The van der Waals surface area contributed by atoms with Crippen LogP contribution in [0.1, 0.15) is 24.2 Å². The molecule has 4 heteroatoms. The van der Waals surface area contributed by atoms with E-state index in [9.17, 15) is 4.79 Å². The minimum Gasteiger partial charge on any atom is -0.349 e. The first-order valence-corrected chi connectivity index (χ1v) is 7.09. The van der Waals surface area contributed by atoms with Crippen molar-refractivity contribution in [3.63, 3.8) is 0 Å². The molecule has 1 N–H and O–H groups in total. The van der Waals surface area contributed by atoms with E-state index < -0.39 is 0 Å². The van der Waals surface area contributed by atoms with Crippen LogP contribution in [0.2, 0.25) is 0 Å². The average Bonchev–Trinajstić information content (AvgIpc) is 2.28. The maximum atomic E-state index is 11.9. The third kappa shape index (κ3) is 3.59. The van der Waals surface area contributed by atoms with E-state index >= 15 is 0 Å². The number of carbonyl (C=O) groups excluding carboxylic acids is 1. The van der Waals surface area contributed by atoms with Gasteiger partial charge in [-0.15, -0.1) is 0 Å². The molecule has 0 aromatic heterocycles. The Bertz CT molecular complexity index is 368. The van der Waals surface area contributed by atoms with E-state index in [0.29, 0.717) is 11.5 Å². The Morgan fingerprint density at radius 2 is 2.00 bits per heavy atom. The van der Waals surface area contributed by atoms with Crippen LogP contribution in [0.15, 0.2) is 28.7 Å². The topological polar surface area (TPSA) is 29.1 Å². The minimum absolute atomic E-state index is 0.0345. The summed E-state index contributed by atoms with van der Waals surface area (Å²) in [5.41, 5.74) is 0.677. The number of amides is 1. The molecule has 0 saturated heterocycles. The first kappa shape index (κ1) is 13.7. The van der Waals surface area contributed by atoms with Gasteiger partial charge in [0.1, 0.15) is 0 Å². The average molecular weight is 349 g/mol. The van der Waals surface area contributed by atoms with Crippen LogP contribution < -0.4 is 5.32 Å². The highest BCUT2D eigenvalue weighted by atomic mass is 79.9. The maximum Gasteiger partial charge on any atom is 0.252 e. The third-order valence-electron chi connectivity index (χ3n) is 2.57. The molecule has 88 valence electrons. The molecule has 0 bridgehead atoms. The van der Waals surface area contributed by atoms with Gasteiger partial charge in [-0.05, 0) is 40.9 Å². The molecular formula is C12H15Br2NO. The Morgan fingerprint density at radius 3 is 2.56 bits per heavy atom. The van der Waals surface area contributed by atoms with E-state index in [2.05, 4.69) is 44.1 Å². The lowest BCUT2D eigenvalue weighted by atomic mass is 10.1. The van der Waals surface area contributed by atoms with Gasteiger partial charge in [0.2, 0.25) is 0 Å². The SMILES string of the molecule is CC(CBr)C(C)NC(=O)c1ccccc1Br. The summed E-state index contributed by atoms with van der Waals surface area (Å²) in [6, 6.07) is 7.58. The van der Waals surface area contributed by atoms with Gasteiger partial charge >= 0.3 is 0 Å². The fourth-order valence-electron chi connectivity index (χ4n) is 1.21. The van der Waals surface area contributed by atoms with Gasteiger partial charge < -0.3 is 5.32 Å². The molecule has 1 aromatic carbocycles. The fourth-order valence-corrected chi connectivity index (χ4v) is 2.23. The minimum atomic E-state index is -0.0345. The predicted molar refractivity (Wildman–Crippen MR) is 74.0 cm³/mol. The molecule has 0 radical (unpaired) electrons. The van der Waals surface area contributed by atoms with Crippen molar-refractivity contribution < 1.29 is 4.79 Å². The quantitative estimate of drug-likeness (QED) is 0.827. The van der Waals surface area contributed by atoms with Crippen LogP contribution in [-0.4, -0.2) is 17.3 Å². The summed E-state index contributed by atoms with van der Waals surface area (Å²) in [5.74, 6) is 0.374. The zero-order valence-corrected chi connectivity index (χ0v) is 12.5. The van der Waals surface area contributed by atoms with Crippen LogP contribution >= 0.6 is 31.9 Å². The molecule has 2 unspecified atom stereocenters. The summed E-state index contributed by atoms with van der Waals surface area (Å²) < 4.78 is 0.825. The molecular weight excluding hydrogens is 334 g/mol. The van der Waals surface area contributed by atoms with Gasteiger partial charge in [0, 0.05) is 15.8 Å². The molecule has 0 heterocycles. The van der Waals surface area contributed by atoms with E-state index in [1.54, 1.807) is 0 Å². The molecule has 1 amide bonds. The largest absolute Gasteiger partial charge is 0.349 e. The number of rotatable bonds is 4. The molecule has 1 rings (SSSR count). The number of alkyl halides is 1. The van der Waals surface area contributed by atoms with Crippen molar-refractivity contribution in [2.75, 3.05) is 5.33 Å². The van der Waals surface area contributed by atoms with Crippen molar-refractivity contribution in [3.05, 3.63) is 34.3 Å². The predicted octanol–water partition coefficient (Wildman–Crippen LogP) is 3.60. The highest BCUT2D eigenvalue weighted by Gasteiger charge is 2.16. The Labute approximate surface area is 113 Å². The second-order valence-corrected chi connectivity index (χ2v) is 5.38. The lowest BCUT2D eigenvalue weighted by Crippen LogP contribution is -2.37. The smallest absolute Gasteiger partial charge is 0.252 e. The number of hydrogen-bond acceptors (Lipinski definition) is 1. The summed E-state index contributed by atoms with van der Waals surface area (Å²) in [6.45, 7) is 4.11. The Kier molecular flexibility index (Phi) is 5.49. The van der Waals surface area contributed by atoms with Crippen molar-refractivity contribution in [2.24, 2.45) is 5.92 Å². The van der Waals surface area contributed by atoms with Crippen LogP contribution in [0.25, 0.3) is 0 Å². The van der Waals surface area contributed by atoms with Gasteiger partial charge in [-0.25, -0.2) is 0 Å². The van der Waals surface area contributed by atoms with Crippen molar-refractivity contribution in [1.82, 2.24) is 5.32 Å². The molecule has 1 aromatic rings. The Morgan fingerprint density at radius 1 is 1.38 bits per heavy atom. The molecule has 0 saturated carbocycles. The number of nitrogens with one attached hydrogen (secondary N) is 1. The first-order valence-electron chi connectivity index (χ1n) is 5.17. The van der Waals surface area contributed by atoms with E-state index in [-0.39, 0.29) is 11.9 Å². The summed E-state index contributed by atoms with van der Waals surface area (Å²) in [6.07, 6.45) is 0. The normalized spacial score (nSPS) is 14.2. The molecule has 2 nitrogen and oxygen atoms in total. The van der Waals surface area contributed by atoms with Crippen molar-refractivity contribution >= 4 is 37.8 Å². The van der Waals surface area contributed by atoms with Crippen LogP contribution in [-0.2, 0) is 0 Å². The van der Waals surface area contributed by atoms with Crippen molar-refractivity contribution in [1.29, 1.82) is 0 Å². The van der Waals surface area contributed by atoms with Crippen LogP contribution in [0.5, 0.6) is 0 Å². The van der Waals surface area contributed by atoms with Crippen LogP contribution in [0.4, 0.5) is 0 Å². The van der Waals surface area contributed by atoms with E-state index in [1.807, 2.05) is 31.2 Å². The second-order valence-electron chi connectivity index (χ2n) is 3.87. The molecule has 0 aliphatic carbocycles. The maximum absolute atomic E-state index is 11.9. The van der Waals surface area contributed by atoms with Crippen LogP contribution in [0, 0.1) is 5.92 Å². The number of carbonyl (C=O) groups is 1. The molecule has 0 aliphatic rings. The Balaban J connectivity index is 2.70. The van der Waals surface area contributed by atoms with Crippen molar-refractivity contribution in [2.45, 2.75) is 19.9 Å². The van der Waals surface area contributed by atoms with Gasteiger partial charge in [0.15, 0.2) is 0 Å². The van der Waals surface area contributed by atoms with E-state index in [1.165, 1.54) is 0 Å². The van der Waals surface area contributed by atoms with Gasteiger partial charge in [-0.2, -0.15) is 0 Å². The third-order valence-corrected chi connectivity index (χ3v) is 4.29. The molecule has 0 aliphatic heterocycles. The lowest BCUT2D eigenvalue weighted by Gasteiger charge is -2.19. The van der Waals surface area contributed by atoms with Gasteiger partial charge in [-0.1, -0.05) is 35.0 Å². The fraction of sp³-hybridized carbons (Fsp3) is 0.417. The lowest BCUT2D eigenvalue weighted by molar-refractivity contribution is 0.0930. The first-order chi connectivity index (χ1) is 7.56.